The summed E-state index contributed by atoms with van der Waals surface area (Å²) >= 11 is 12.0. The Balaban J connectivity index is 0.00000220. The van der Waals surface area contributed by atoms with Gasteiger partial charge in [-0.05, 0) is 31.5 Å². The molecular formula is C14H19Cl3N2O2. The Hall–Kier alpha value is -0.520. The van der Waals surface area contributed by atoms with Crippen LogP contribution in [0.1, 0.15) is 25.5 Å². The molecule has 1 amide bonds. The fraction of sp³-hybridized carbons (Fsp3) is 0.500. The standard InChI is InChI=1S/C14H18Cl2N2O2.ClH/c1-8(11-4-3-10(15)7-12(11)16)18-14(19)13-9(2)20-6-5-17-13;/h3-4,7-9,13,17H,5-6H2,1-2H3,(H,18,19);1H/t8?,9-,13+;/m1./s1. The molecule has 0 aromatic heterocycles. The number of amides is 1. The largest absolute Gasteiger partial charge is 0.375 e. The van der Waals surface area contributed by atoms with E-state index in [2.05, 4.69) is 10.6 Å². The maximum atomic E-state index is 12.2. The lowest BCUT2D eigenvalue weighted by molar-refractivity contribution is -0.129. The average Bonchev–Trinajstić information content (AvgIpc) is 2.38. The monoisotopic (exact) mass is 352 g/mol. The molecule has 4 nitrogen and oxygen atoms in total. The topological polar surface area (TPSA) is 50.4 Å². The second kappa shape index (κ2) is 8.20. The highest BCUT2D eigenvalue weighted by Gasteiger charge is 2.29. The maximum absolute atomic E-state index is 12.2. The minimum absolute atomic E-state index is 0. The molecule has 21 heavy (non-hydrogen) atoms. The quantitative estimate of drug-likeness (QED) is 0.878. The summed E-state index contributed by atoms with van der Waals surface area (Å²) in [5, 5.41) is 7.23. The highest BCUT2D eigenvalue weighted by Crippen LogP contribution is 2.26. The van der Waals surface area contributed by atoms with E-state index in [1.54, 1.807) is 12.1 Å². The van der Waals surface area contributed by atoms with E-state index < -0.39 is 0 Å². The van der Waals surface area contributed by atoms with Gasteiger partial charge in [-0.2, -0.15) is 0 Å². The van der Waals surface area contributed by atoms with Gasteiger partial charge >= 0.3 is 0 Å². The molecule has 118 valence electrons. The van der Waals surface area contributed by atoms with Crippen LogP contribution < -0.4 is 10.6 Å². The van der Waals surface area contributed by atoms with Gasteiger partial charge in [-0.15, -0.1) is 12.4 Å². The summed E-state index contributed by atoms with van der Waals surface area (Å²) in [4.78, 5) is 12.2. The predicted octanol–water partition coefficient (Wildman–Crippen LogP) is 2.97. The van der Waals surface area contributed by atoms with E-state index in [-0.39, 0.29) is 36.5 Å². The number of ether oxygens (including phenoxy) is 1. The first-order valence-electron chi connectivity index (χ1n) is 6.59. The number of morpholine rings is 1. The van der Waals surface area contributed by atoms with Gasteiger partial charge in [0.15, 0.2) is 0 Å². The van der Waals surface area contributed by atoms with Gasteiger partial charge in [-0.25, -0.2) is 0 Å². The van der Waals surface area contributed by atoms with Crippen molar-refractivity contribution in [1.29, 1.82) is 0 Å². The Labute approximate surface area is 140 Å². The zero-order valence-corrected chi connectivity index (χ0v) is 14.2. The molecule has 2 N–H and O–H groups in total. The average molecular weight is 354 g/mol. The summed E-state index contributed by atoms with van der Waals surface area (Å²) in [7, 11) is 0. The van der Waals surface area contributed by atoms with Gasteiger partial charge in [-0.1, -0.05) is 29.3 Å². The van der Waals surface area contributed by atoms with Gasteiger partial charge in [0.05, 0.1) is 18.8 Å². The SMILES string of the molecule is CC(NC(=O)[C@H]1NCCO[C@@H]1C)c1ccc(Cl)cc1Cl.Cl. The highest BCUT2D eigenvalue weighted by atomic mass is 35.5. The van der Waals surface area contributed by atoms with Crippen LogP contribution in [0, 0.1) is 0 Å². The van der Waals surface area contributed by atoms with E-state index in [1.165, 1.54) is 0 Å². The Morgan fingerprint density at radius 2 is 2.19 bits per heavy atom. The van der Waals surface area contributed by atoms with Crippen LogP contribution in [-0.4, -0.2) is 31.2 Å². The summed E-state index contributed by atoms with van der Waals surface area (Å²) in [6, 6.07) is 4.73. The van der Waals surface area contributed by atoms with E-state index in [0.717, 1.165) is 5.56 Å². The van der Waals surface area contributed by atoms with E-state index in [0.29, 0.717) is 23.2 Å². The van der Waals surface area contributed by atoms with Gasteiger partial charge in [0.1, 0.15) is 6.04 Å². The van der Waals surface area contributed by atoms with Crippen molar-refractivity contribution in [3.63, 3.8) is 0 Å². The molecule has 3 atom stereocenters. The molecule has 0 aliphatic carbocycles. The molecule has 1 aromatic carbocycles. The summed E-state index contributed by atoms with van der Waals surface area (Å²) in [6.45, 7) is 5.08. The molecule has 0 spiro atoms. The molecule has 1 aromatic rings. The third-order valence-electron chi connectivity index (χ3n) is 3.39. The van der Waals surface area contributed by atoms with Gasteiger partial charge < -0.3 is 15.4 Å². The number of halogens is 3. The number of rotatable bonds is 3. The fourth-order valence-electron chi connectivity index (χ4n) is 2.26. The van der Waals surface area contributed by atoms with Crippen molar-refractivity contribution in [3.05, 3.63) is 33.8 Å². The molecule has 1 aliphatic heterocycles. The fourth-order valence-corrected chi connectivity index (χ4v) is 2.83. The maximum Gasteiger partial charge on any atom is 0.240 e. The van der Waals surface area contributed by atoms with Gasteiger partial charge in [0, 0.05) is 16.6 Å². The third kappa shape index (κ3) is 4.73. The minimum Gasteiger partial charge on any atom is -0.375 e. The van der Waals surface area contributed by atoms with Crippen molar-refractivity contribution in [1.82, 2.24) is 10.6 Å². The first kappa shape index (κ1) is 18.5. The first-order valence-corrected chi connectivity index (χ1v) is 7.35. The first-order chi connectivity index (χ1) is 9.49. The molecular weight excluding hydrogens is 335 g/mol. The van der Waals surface area contributed by atoms with Crippen LogP contribution in [0.5, 0.6) is 0 Å². The highest BCUT2D eigenvalue weighted by molar-refractivity contribution is 6.35. The van der Waals surface area contributed by atoms with Crippen molar-refractivity contribution in [3.8, 4) is 0 Å². The number of nitrogens with one attached hydrogen (secondary N) is 2. The number of hydrogen-bond donors (Lipinski definition) is 2. The summed E-state index contributed by atoms with van der Waals surface area (Å²) in [5.74, 6) is -0.0873. The summed E-state index contributed by atoms with van der Waals surface area (Å²) in [5.41, 5.74) is 0.841. The number of carbonyl (C=O) groups is 1. The van der Waals surface area contributed by atoms with Crippen LogP contribution in [-0.2, 0) is 9.53 Å². The molecule has 1 fully saturated rings. The number of benzene rings is 1. The predicted molar refractivity (Wildman–Crippen MR) is 87.5 cm³/mol. The lowest BCUT2D eigenvalue weighted by Crippen LogP contribution is -2.55. The number of hydrogen-bond acceptors (Lipinski definition) is 3. The second-order valence-electron chi connectivity index (χ2n) is 4.90. The van der Waals surface area contributed by atoms with Crippen molar-refractivity contribution in [2.24, 2.45) is 0 Å². The molecule has 1 unspecified atom stereocenters. The van der Waals surface area contributed by atoms with Gasteiger partial charge in [0.25, 0.3) is 0 Å². The molecule has 1 aliphatic rings. The molecule has 0 radical (unpaired) electrons. The van der Waals surface area contributed by atoms with Crippen LogP contribution in [0.4, 0.5) is 0 Å². The Bertz CT molecular complexity index is 499. The Morgan fingerprint density at radius 1 is 1.48 bits per heavy atom. The zero-order chi connectivity index (χ0) is 14.7. The molecule has 7 heteroatoms. The normalized spacial score (nSPS) is 23.0. The van der Waals surface area contributed by atoms with Crippen LogP contribution in [0.15, 0.2) is 18.2 Å². The molecule has 1 heterocycles. The summed E-state index contributed by atoms with van der Waals surface area (Å²) < 4.78 is 5.47. The second-order valence-corrected chi connectivity index (χ2v) is 5.75. The Kier molecular flexibility index (Phi) is 7.24. The lowest BCUT2D eigenvalue weighted by atomic mass is 10.1. The zero-order valence-electron chi connectivity index (χ0n) is 11.9. The van der Waals surface area contributed by atoms with Gasteiger partial charge in [-0.3, -0.25) is 4.79 Å². The molecule has 1 saturated heterocycles. The van der Waals surface area contributed by atoms with Crippen molar-refractivity contribution >= 4 is 41.5 Å². The van der Waals surface area contributed by atoms with E-state index in [4.69, 9.17) is 27.9 Å². The molecule has 0 saturated carbocycles. The van der Waals surface area contributed by atoms with E-state index >= 15 is 0 Å². The van der Waals surface area contributed by atoms with Crippen molar-refractivity contribution < 1.29 is 9.53 Å². The van der Waals surface area contributed by atoms with Crippen molar-refractivity contribution in [2.45, 2.75) is 32.0 Å². The number of carbonyl (C=O) groups excluding carboxylic acids is 1. The van der Waals surface area contributed by atoms with Crippen LogP contribution in [0.2, 0.25) is 10.0 Å². The van der Waals surface area contributed by atoms with E-state index in [9.17, 15) is 4.79 Å². The third-order valence-corrected chi connectivity index (χ3v) is 3.95. The van der Waals surface area contributed by atoms with Crippen LogP contribution >= 0.6 is 35.6 Å². The Morgan fingerprint density at radius 3 is 2.81 bits per heavy atom. The smallest absolute Gasteiger partial charge is 0.240 e. The molecule has 2 rings (SSSR count). The van der Waals surface area contributed by atoms with Crippen LogP contribution in [0.25, 0.3) is 0 Å². The minimum atomic E-state index is -0.336. The lowest BCUT2D eigenvalue weighted by Gasteiger charge is -2.30. The summed E-state index contributed by atoms with van der Waals surface area (Å²) in [6.07, 6.45) is -0.142. The van der Waals surface area contributed by atoms with Crippen LogP contribution in [0.3, 0.4) is 0 Å². The molecule has 0 bridgehead atoms. The van der Waals surface area contributed by atoms with E-state index in [1.807, 2.05) is 19.9 Å². The van der Waals surface area contributed by atoms with Crippen molar-refractivity contribution in [2.75, 3.05) is 13.2 Å². The van der Waals surface area contributed by atoms with Gasteiger partial charge in [0.2, 0.25) is 5.91 Å².